The maximum absolute atomic E-state index is 13.0. The van der Waals surface area contributed by atoms with Crippen LogP contribution in [0.2, 0.25) is 0 Å². The fraction of sp³-hybridized carbons (Fsp3) is 0.133. The number of thiophene rings is 1. The molecular weight excluding hydrogens is 388 g/mol. The van der Waals surface area contributed by atoms with E-state index in [2.05, 4.69) is 15.4 Å². The number of carbonyl (C=O) groups excluding carboxylic acids is 3. The Morgan fingerprint density at radius 3 is 2.48 bits per heavy atom. The molecule has 27 heavy (non-hydrogen) atoms. The fourth-order valence-electron chi connectivity index (χ4n) is 1.75. The van der Waals surface area contributed by atoms with Gasteiger partial charge in [0.1, 0.15) is 4.88 Å². The molecule has 2 aromatic rings. The Labute approximate surface area is 154 Å². The number of halogens is 2. The summed E-state index contributed by atoms with van der Waals surface area (Å²) in [5, 5.41) is 14.7. The number of carbonyl (C=O) groups is 3. The molecule has 0 fully saturated rings. The summed E-state index contributed by atoms with van der Waals surface area (Å²) in [6.45, 7) is -1.21. The van der Waals surface area contributed by atoms with Gasteiger partial charge in [0, 0.05) is 17.8 Å². The number of nitrogens with zero attached hydrogens (tertiary/aromatic N) is 1. The molecule has 0 saturated heterocycles. The topological polar surface area (TPSA) is 128 Å². The van der Waals surface area contributed by atoms with Gasteiger partial charge in [0.05, 0.1) is 11.5 Å². The molecule has 1 aromatic carbocycles. The normalized spacial score (nSPS) is 10.1. The average molecular weight is 399 g/mol. The fourth-order valence-corrected chi connectivity index (χ4v) is 2.46. The Hall–Kier alpha value is -3.41. The number of amides is 2. The average Bonchev–Trinajstić information content (AvgIpc) is 3.11. The number of hydrogen-bond acceptors (Lipinski definition) is 7. The minimum absolute atomic E-state index is 0.00105. The summed E-state index contributed by atoms with van der Waals surface area (Å²) in [5.74, 6) is -4.64. The van der Waals surface area contributed by atoms with Crippen molar-refractivity contribution in [1.29, 1.82) is 0 Å². The zero-order chi connectivity index (χ0) is 20.0. The molecule has 2 amide bonds. The molecule has 12 heteroatoms. The van der Waals surface area contributed by atoms with Gasteiger partial charge in [0.15, 0.2) is 18.2 Å². The molecular formula is C15H11F2N3O6S. The predicted molar refractivity (Wildman–Crippen MR) is 89.3 cm³/mol. The lowest BCUT2D eigenvalue weighted by Crippen LogP contribution is -2.35. The Kier molecular flexibility index (Phi) is 6.49. The van der Waals surface area contributed by atoms with Gasteiger partial charge in [-0.3, -0.25) is 19.7 Å². The number of ether oxygens (including phenoxy) is 1. The van der Waals surface area contributed by atoms with E-state index in [4.69, 9.17) is 0 Å². The summed E-state index contributed by atoms with van der Waals surface area (Å²) in [4.78, 5) is 44.7. The first-order chi connectivity index (χ1) is 12.8. The van der Waals surface area contributed by atoms with E-state index >= 15 is 0 Å². The molecule has 0 radical (unpaired) electrons. The monoisotopic (exact) mass is 399 g/mol. The highest BCUT2D eigenvalue weighted by atomic mass is 32.1. The van der Waals surface area contributed by atoms with Crippen LogP contribution in [-0.2, 0) is 14.3 Å². The third kappa shape index (κ3) is 5.81. The van der Waals surface area contributed by atoms with Crippen LogP contribution in [0.4, 0.5) is 19.5 Å². The first kappa shape index (κ1) is 19.9. The van der Waals surface area contributed by atoms with Crippen LogP contribution in [0.1, 0.15) is 9.67 Å². The van der Waals surface area contributed by atoms with Crippen molar-refractivity contribution in [3.05, 3.63) is 57.0 Å². The first-order valence-corrected chi connectivity index (χ1v) is 8.01. The van der Waals surface area contributed by atoms with Gasteiger partial charge in [0.2, 0.25) is 5.91 Å². The first-order valence-electron chi connectivity index (χ1n) is 7.19. The molecule has 0 bridgehead atoms. The summed E-state index contributed by atoms with van der Waals surface area (Å²) in [6.07, 6.45) is 0. The highest BCUT2D eigenvalue weighted by molar-refractivity contribution is 7.17. The van der Waals surface area contributed by atoms with E-state index in [1.807, 2.05) is 0 Å². The number of rotatable bonds is 7. The van der Waals surface area contributed by atoms with Crippen molar-refractivity contribution in [1.82, 2.24) is 5.32 Å². The highest BCUT2D eigenvalue weighted by Gasteiger charge is 2.17. The van der Waals surface area contributed by atoms with Gasteiger partial charge >= 0.3 is 11.0 Å². The van der Waals surface area contributed by atoms with Gasteiger partial charge in [-0.15, -0.1) is 0 Å². The molecule has 9 nitrogen and oxygen atoms in total. The van der Waals surface area contributed by atoms with Gasteiger partial charge in [-0.25, -0.2) is 13.6 Å². The van der Waals surface area contributed by atoms with Gasteiger partial charge in [0.25, 0.3) is 5.91 Å². The van der Waals surface area contributed by atoms with Crippen LogP contribution >= 0.6 is 11.3 Å². The zero-order valence-corrected chi connectivity index (χ0v) is 14.2. The summed E-state index contributed by atoms with van der Waals surface area (Å²) >= 11 is 0.596. The van der Waals surface area contributed by atoms with Crippen molar-refractivity contribution in [3.8, 4) is 0 Å². The van der Waals surface area contributed by atoms with E-state index in [0.717, 1.165) is 24.3 Å². The van der Waals surface area contributed by atoms with E-state index in [1.165, 1.54) is 6.07 Å². The van der Waals surface area contributed by atoms with Gasteiger partial charge in [-0.05, 0) is 18.2 Å². The molecule has 0 aliphatic heterocycles. The quantitative estimate of drug-likeness (QED) is 0.415. The smallest absolute Gasteiger partial charge is 0.349 e. The van der Waals surface area contributed by atoms with Crippen LogP contribution in [-0.4, -0.2) is 35.9 Å². The van der Waals surface area contributed by atoms with Crippen LogP contribution in [0.3, 0.4) is 0 Å². The lowest BCUT2D eigenvalue weighted by molar-refractivity contribution is -0.380. The molecule has 2 N–H and O–H groups in total. The SMILES string of the molecule is O=C(COC(=O)c1ccc([N+](=O)[O-])s1)NCC(=O)Nc1ccc(F)c(F)c1. The standard InChI is InChI=1S/C15H11F2N3O6S/c16-9-2-1-8(5-10(9)17)19-12(21)6-18-13(22)7-26-15(23)11-3-4-14(27-11)20(24)25/h1-5H,6-7H2,(H,18,22)(H,19,21). The summed E-state index contributed by atoms with van der Waals surface area (Å²) < 4.78 is 30.5. The summed E-state index contributed by atoms with van der Waals surface area (Å²) in [7, 11) is 0. The minimum Gasteiger partial charge on any atom is -0.451 e. The molecule has 0 spiro atoms. The van der Waals surface area contributed by atoms with E-state index in [-0.39, 0.29) is 15.6 Å². The summed E-state index contributed by atoms with van der Waals surface area (Å²) in [5.41, 5.74) is -0.00105. The maximum Gasteiger partial charge on any atom is 0.349 e. The molecule has 2 rings (SSSR count). The van der Waals surface area contributed by atoms with Crippen molar-refractivity contribution < 1.29 is 32.8 Å². The molecule has 142 valence electrons. The lowest BCUT2D eigenvalue weighted by atomic mass is 10.3. The van der Waals surface area contributed by atoms with Crippen LogP contribution < -0.4 is 10.6 Å². The highest BCUT2D eigenvalue weighted by Crippen LogP contribution is 2.24. The number of anilines is 1. The second-order valence-electron chi connectivity index (χ2n) is 4.92. The molecule has 0 unspecified atom stereocenters. The van der Waals surface area contributed by atoms with Gasteiger partial charge in [-0.1, -0.05) is 11.3 Å². The molecule has 0 aliphatic rings. The second kappa shape index (κ2) is 8.80. The molecule has 0 saturated carbocycles. The Balaban J connectivity index is 1.74. The van der Waals surface area contributed by atoms with Gasteiger partial charge in [-0.2, -0.15) is 0 Å². The maximum atomic E-state index is 13.0. The largest absolute Gasteiger partial charge is 0.451 e. The zero-order valence-electron chi connectivity index (χ0n) is 13.4. The van der Waals surface area contributed by atoms with Crippen LogP contribution in [0.15, 0.2) is 30.3 Å². The Morgan fingerprint density at radius 2 is 1.85 bits per heavy atom. The van der Waals surface area contributed by atoms with Crippen LogP contribution in [0, 0.1) is 21.7 Å². The van der Waals surface area contributed by atoms with Crippen molar-refractivity contribution in [3.63, 3.8) is 0 Å². The van der Waals surface area contributed by atoms with E-state index < -0.39 is 47.5 Å². The lowest BCUT2D eigenvalue weighted by Gasteiger charge is -2.07. The third-order valence-electron chi connectivity index (χ3n) is 2.96. The molecule has 0 aliphatic carbocycles. The van der Waals surface area contributed by atoms with Crippen LogP contribution in [0.5, 0.6) is 0 Å². The predicted octanol–water partition coefficient (Wildman–Crippen LogP) is 1.85. The van der Waals surface area contributed by atoms with Crippen molar-refractivity contribution in [2.75, 3.05) is 18.5 Å². The van der Waals surface area contributed by atoms with E-state index in [1.54, 1.807) is 0 Å². The van der Waals surface area contributed by atoms with Crippen molar-refractivity contribution in [2.24, 2.45) is 0 Å². The minimum atomic E-state index is -1.14. The van der Waals surface area contributed by atoms with Crippen molar-refractivity contribution >= 4 is 39.8 Å². The number of hydrogen-bond donors (Lipinski definition) is 2. The van der Waals surface area contributed by atoms with Crippen molar-refractivity contribution in [2.45, 2.75) is 0 Å². The molecule has 1 heterocycles. The summed E-state index contributed by atoms with van der Waals surface area (Å²) in [6, 6.07) is 5.07. The van der Waals surface area contributed by atoms with Crippen LogP contribution in [0.25, 0.3) is 0 Å². The number of nitro groups is 1. The van der Waals surface area contributed by atoms with E-state index in [9.17, 15) is 33.3 Å². The van der Waals surface area contributed by atoms with E-state index in [0.29, 0.717) is 11.3 Å². The number of esters is 1. The Bertz CT molecular complexity index is 901. The van der Waals surface area contributed by atoms with Gasteiger partial charge < -0.3 is 15.4 Å². The number of benzene rings is 1. The number of nitrogens with one attached hydrogen (secondary N) is 2. The molecule has 0 atom stereocenters. The molecule has 1 aromatic heterocycles. The third-order valence-corrected chi connectivity index (χ3v) is 3.97. The Morgan fingerprint density at radius 1 is 1.11 bits per heavy atom. The second-order valence-corrected chi connectivity index (χ2v) is 5.99.